The number of carbonyl (C=O) groups is 1. The minimum atomic E-state index is -4.44. The van der Waals surface area contributed by atoms with Gasteiger partial charge in [-0.15, -0.1) is 0 Å². The van der Waals surface area contributed by atoms with Crippen LogP contribution in [0.1, 0.15) is 12.0 Å². The number of alkyl halides is 3. The third-order valence-corrected chi connectivity index (χ3v) is 2.79. The van der Waals surface area contributed by atoms with E-state index in [1.807, 2.05) is 6.07 Å². The third-order valence-electron chi connectivity index (χ3n) is 2.79. The van der Waals surface area contributed by atoms with Crippen LogP contribution in [0, 0.1) is 17.2 Å². The van der Waals surface area contributed by atoms with Crippen molar-refractivity contribution in [1.29, 1.82) is 5.26 Å². The molecule has 1 amide bonds. The third kappa shape index (κ3) is 2.30. The minimum absolute atomic E-state index is 0.0622. The molecule has 0 radical (unpaired) electrons. The van der Waals surface area contributed by atoms with Gasteiger partial charge in [-0.2, -0.15) is 18.4 Å². The molecule has 1 fully saturated rings. The van der Waals surface area contributed by atoms with E-state index < -0.39 is 17.7 Å². The fourth-order valence-corrected chi connectivity index (χ4v) is 1.89. The molecule has 94 valence electrons. The van der Waals surface area contributed by atoms with Gasteiger partial charge in [0.05, 0.1) is 17.6 Å². The van der Waals surface area contributed by atoms with E-state index in [1.165, 1.54) is 17.0 Å². The van der Waals surface area contributed by atoms with Crippen molar-refractivity contribution in [2.75, 3.05) is 11.4 Å². The van der Waals surface area contributed by atoms with Crippen molar-refractivity contribution >= 4 is 11.6 Å². The van der Waals surface area contributed by atoms with Gasteiger partial charge >= 0.3 is 6.18 Å². The number of rotatable bonds is 1. The van der Waals surface area contributed by atoms with Gasteiger partial charge in [0.2, 0.25) is 5.91 Å². The molecule has 1 saturated heterocycles. The van der Waals surface area contributed by atoms with Gasteiger partial charge in [-0.25, -0.2) is 0 Å². The van der Waals surface area contributed by atoms with Crippen molar-refractivity contribution in [3.8, 4) is 6.07 Å². The molecule has 0 saturated carbocycles. The zero-order valence-corrected chi connectivity index (χ0v) is 9.24. The van der Waals surface area contributed by atoms with Crippen LogP contribution in [-0.2, 0) is 11.0 Å². The molecule has 0 bridgehead atoms. The summed E-state index contributed by atoms with van der Waals surface area (Å²) in [7, 11) is 0. The van der Waals surface area contributed by atoms with Gasteiger partial charge in [0.25, 0.3) is 0 Å². The molecular weight excluding hydrogens is 245 g/mol. The van der Waals surface area contributed by atoms with Gasteiger partial charge < -0.3 is 4.90 Å². The van der Waals surface area contributed by atoms with Crippen LogP contribution in [0.15, 0.2) is 24.3 Å². The highest BCUT2D eigenvalue weighted by molar-refractivity contribution is 5.96. The largest absolute Gasteiger partial charge is 0.416 e. The van der Waals surface area contributed by atoms with Crippen LogP contribution in [0.25, 0.3) is 0 Å². The maximum Gasteiger partial charge on any atom is 0.416 e. The summed E-state index contributed by atoms with van der Waals surface area (Å²) in [6.07, 6.45) is -4.37. The second-order valence-electron chi connectivity index (χ2n) is 4.08. The number of halogens is 3. The maximum absolute atomic E-state index is 12.5. The van der Waals surface area contributed by atoms with Crippen LogP contribution < -0.4 is 4.90 Å². The molecule has 3 nitrogen and oxygen atoms in total. The molecule has 1 aromatic rings. The molecular formula is C12H9F3N2O. The average Bonchev–Trinajstić information content (AvgIpc) is 2.70. The van der Waals surface area contributed by atoms with E-state index in [-0.39, 0.29) is 24.6 Å². The Bertz CT molecular complexity index is 519. The van der Waals surface area contributed by atoms with Crippen molar-refractivity contribution in [2.24, 2.45) is 5.92 Å². The Hall–Kier alpha value is -2.03. The monoisotopic (exact) mass is 254 g/mol. The van der Waals surface area contributed by atoms with Gasteiger partial charge in [0.1, 0.15) is 0 Å². The summed E-state index contributed by atoms with van der Waals surface area (Å²) in [6, 6.07) is 6.53. The molecule has 0 N–H and O–H groups in total. The normalized spacial score (nSPS) is 20.0. The number of nitrogens with zero attached hydrogens (tertiary/aromatic N) is 2. The maximum atomic E-state index is 12.5. The lowest BCUT2D eigenvalue weighted by molar-refractivity contribution is -0.137. The van der Waals surface area contributed by atoms with E-state index in [9.17, 15) is 18.0 Å². The lowest BCUT2D eigenvalue weighted by Gasteiger charge is -2.17. The van der Waals surface area contributed by atoms with Crippen molar-refractivity contribution < 1.29 is 18.0 Å². The van der Waals surface area contributed by atoms with Gasteiger partial charge in [-0.05, 0) is 18.2 Å². The van der Waals surface area contributed by atoms with Crippen LogP contribution in [0.5, 0.6) is 0 Å². The zero-order chi connectivity index (χ0) is 13.3. The lowest BCUT2D eigenvalue weighted by atomic mass is 10.1. The van der Waals surface area contributed by atoms with E-state index in [1.54, 1.807) is 0 Å². The number of hydrogen-bond acceptors (Lipinski definition) is 2. The summed E-state index contributed by atoms with van der Waals surface area (Å²) in [6.45, 7) is 0.149. The number of hydrogen-bond donors (Lipinski definition) is 0. The fraction of sp³-hybridized carbons (Fsp3) is 0.333. The van der Waals surface area contributed by atoms with Crippen molar-refractivity contribution in [1.82, 2.24) is 0 Å². The summed E-state index contributed by atoms with van der Waals surface area (Å²) >= 11 is 0. The van der Waals surface area contributed by atoms with Gasteiger partial charge in [-0.3, -0.25) is 4.79 Å². The first kappa shape index (κ1) is 12.4. The van der Waals surface area contributed by atoms with E-state index in [2.05, 4.69) is 0 Å². The summed E-state index contributed by atoms with van der Waals surface area (Å²) in [5.74, 6) is -0.770. The molecule has 1 aromatic carbocycles. The Morgan fingerprint density at radius 3 is 2.67 bits per heavy atom. The SMILES string of the molecule is N#CC1CC(=O)N(c2cccc(C(F)(F)F)c2)C1. The molecule has 1 atom stereocenters. The number of nitriles is 1. The summed E-state index contributed by atoms with van der Waals surface area (Å²) in [5.41, 5.74) is -0.610. The van der Waals surface area contributed by atoms with Crippen molar-refractivity contribution in [3.05, 3.63) is 29.8 Å². The topological polar surface area (TPSA) is 44.1 Å². The first-order valence-electron chi connectivity index (χ1n) is 5.29. The molecule has 0 aromatic heterocycles. The highest BCUT2D eigenvalue weighted by atomic mass is 19.4. The van der Waals surface area contributed by atoms with E-state index >= 15 is 0 Å². The van der Waals surface area contributed by atoms with E-state index in [0.717, 1.165) is 12.1 Å². The predicted molar refractivity (Wildman–Crippen MR) is 57.5 cm³/mol. The first-order valence-corrected chi connectivity index (χ1v) is 5.29. The predicted octanol–water partition coefficient (Wildman–Crippen LogP) is 2.58. The molecule has 1 aliphatic rings. The van der Waals surface area contributed by atoms with Crippen LogP contribution >= 0.6 is 0 Å². The van der Waals surface area contributed by atoms with E-state index in [4.69, 9.17) is 5.26 Å². The quantitative estimate of drug-likeness (QED) is 0.773. The lowest BCUT2D eigenvalue weighted by Crippen LogP contribution is -2.24. The molecule has 1 heterocycles. The second kappa shape index (κ2) is 4.33. The number of carbonyl (C=O) groups excluding carboxylic acids is 1. The average molecular weight is 254 g/mol. The van der Waals surface area contributed by atoms with Crippen LogP contribution in [0.2, 0.25) is 0 Å². The molecule has 0 spiro atoms. The minimum Gasteiger partial charge on any atom is -0.311 e. The smallest absolute Gasteiger partial charge is 0.311 e. The standard InChI is InChI=1S/C12H9F3N2O/c13-12(14,15)9-2-1-3-10(5-9)17-7-8(6-16)4-11(17)18/h1-3,5,8H,4,7H2. The summed E-state index contributed by atoms with van der Waals surface area (Å²) in [4.78, 5) is 12.8. The Morgan fingerprint density at radius 1 is 1.39 bits per heavy atom. The highest BCUT2D eigenvalue weighted by Crippen LogP contribution is 2.33. The second-order valence-corrected chi connectivity index (χ2v) is 4.08. The number of anilines is 1. The van der Waals surface area contributed by atoms with Gasteiger partial charge in [0, 0.05) is 18.7 Å². The highest BCUT2D eigenvalue weighted by Gasteiger charge is 2.34. The molecule has 6 heteroatoms. The Kier molecular flexibility index (Phi) is 2.99. The first-order chi connectivity index (χ1) is 8.41. The van der Waals surface area contributed by atoms with Crippen molar-refractivity contribution in [3.63, 3.8) is 0 Å². The van der Waals surface area contributed by atoms with Crippen molar-refractivity contribution in [2.45, 2.75) is 12.6 Å². The fourth-order valence-electron chi connectivity index (χ4n) is 1.89. The Balaban J connectivity index is 2.30. The van der Waals surface area contributed by atoms with Gasteiger partial charge in [0.15, 0.2) is 0 Å². The number of amides is 1. The van der Waals surface area contributed by atoms with Crippen LogP contribution in [0.4, 0.5) is 18.9 Å². The molecule has 0 aliphatic carbocycles. The summed E-state index contributed by atoms with van der Waals surface area (Å²) in [5, 5.41) is 8.72. The molecule has 1 unspecified atom stereocenters. The van der Waals surface area contributed by atoms with E-state index in [0.29, 0.717) is 0 Å². The zero-order valence-electron chi connectivity index (χ0n) is 9.24. The molecule has 1 aliphatic heterocycles. The van der Waals surface area contributed by atoms with Crippen LogP contribution in [-0.4, -0.2) is 12.5 Å². The Morgan fingerprint density at radius 2 is 2.11 bits per heavy atom. The summed E-state index contributed by atoms with van der Waals surface area (Å²) < 4.78 is 37.6. The molecule has 2 rings (SSSR count). The van der Waals surface area contributed by atoms with Gasteiger partial charge in [-0.1, -0.05) is 6.07 Å². The Labute approximate surface area is 101 Å². The number of benzene rings is 1. The van der Waals surface area contributed by atoms with Crippen LogP contribution in [0.3, 0.4) is 0 Å². The molecule has 18 heavy (non-hydrogen) atoms.